The van der Waals surface area contributed by atoms with E-state index in [1.54, 1.807) is 6.07 Å². The van der Waals surface area contributed by atoms with Gasteiger partial charge >= 0.3 is 0 Å². The smallest absolute Gasteiger partial charge is 0.251 e. The number of aromatic nitrogens is 2. The molecule has 0 aliphatic carbocycles. The van der Waals surface area contributed by atoms with Crippen LogP contribution in [0.2, 0.25) is 0 Å². The van der Waals surface area contributed by atoms with Crippen molar-refractivity contribution in [3.63, 3.8) is 0 Å². The summed E-state index contributed by atoms with van der Waals surface area (Å²) in [5.41, 5.74) is 0.626. The monoisotopic (exact) mass is 341 g/mol. The van der Waals surface area contributed by atoms with E-state index >= 15 is 0 Å². The summed E-state index contributed by atoms with van der Waals surface area (Å²) in [6, 6.07) is 7.49. The van der Waals surface area contributed by atoms with Gasteiger partial charge in [-0.2, -0.15) is 0 Å². The number of imidazole rings is 1. The lowest BCUT2D eigenvalue weighted by atomic mass is 10.1. The van der Waals surface area contributed by atoms with Gasteiger partial charge in [0.2, 0.25) is 0 Å². The second-order valence-electron chi connectivity index (χ2n) is 6.68. The molecule has 132 valence electrons. The summed E-state index contributed by atoms with van der Waals surface area (Å²) in [6.07, 6.45) is 7.89. The second kappa shape index (κ2) is 7.27. The number of rotatable bonds is 5. The van der Waals surface area contributed by atoms with Crippen molar-refractivity contribution in [3.05, 3.63) is 48.0 Å². The summed E-state index contributed by atoms with van der Waals surface area (Å²) >= 11 is 0. The van der Waals surface area contributed by atoms with Crippen LogP contribution in [0.1, 0.15) is 35.4 Å². The minimum Gasteiger partial charge on any atom is -0.491 e. The SMILES string of the molecule is O=C(N[C@@H]1CCc2nccn2C1)c1cccc(OC[C@@H]2CCCO2)c1. The Balaban J connectivity index is 1.34. The molecule has 6 heteroatoms. The number of aryl methyl sites for hydroxylation is 1. The number of ether oxygens (including phenoxy) is 2. The van der Waals surface area contributed by atoms with Crippen molar-refractivity contribution in [2.45, 2.75) is 44.4 Å². The van der Waals surface area contributed by atoms with Gasteiger partial charge in [0.15, 0.2) is 0 Å². The fourth-order valence-corrected chi connectivity index (χ4v) is 3.45. The van der Waals surface area contributed by atoms with Gasteiger partial charge in [-0.15, -0.1) is 0 Å². The molecule has 3 heterocycles. The maximum absolute atomic E-state index is 12.6. The van der Waals surface area contributed by atoms with Crippen molar-refractivity contribution in [1.82, 2.24) is 14.9 Å². The molecule has 6 nitrogen and oxygen atoms in total. The zero-order valence-corrected chi connectivity index (χ0v) is 14.2. The third-order valence-electron chi connectivity index (χ3n) is 4.83. The van der Waals surface area contributed by atoms with Crippen molar-refractivity contribution >= 4 is 5.91 Å². The number of carbonyl (C=O) groups is 1. The summed E-state index contributed by atoms with van der Waals surface area (Å²) < 4.78 is 13.5. The molecule has 1 amide bonds. The number of hydrogen-bond donors (Lipinski definition) is 1. The molecule has 1 saturated heterocycles. The molecule has 1 fully saturated rings. The molecule has 2 atom stereocenters. The van der Waals surface area contributed by atoms with Gasteiger partial charge in [-0.3, -0.25) is 4.79 Å². The minimum atomic E-state index is -0.0591. The Morgan fingerprint density at radius 1 is 1.40 bits per heavy atom. The van der Waals surface area contributed by atoms with E-state index in [1.165, 1.54) is 0 Å². The number of amides is 1. The molecule has 0 unspecified atom stereocenters. The van der Waals surface area contributed by atoms with Crippen LogP contribution in [-0.2, 0) is 17.7 Å². The molecule has 25 heavy (non-hydrogen) atoms. The van der Waals surface area contributed by atoms with Crippen LogP contribution in [0.4, 0.5) is 0 Å². The van der Waals surface area contributed by atoms with Crippen LogP contribution in [0.25, 0.3) is 0 Å². The quantitative estimate of drug-likeness (QED) is 0.905. The van der Waals surface area contributed by atoms with Crippen molar-refractivity contribution in [2.24, 2.45) is 0 Å². The Morgan fingerprint density at radius 3 is 3.24 bits per heavy atom. The van der Waals surface area contributed by atoms with Crippen molar-refractivity contribution < 1.29 is 14.3 Å². The highest BCUT2D eigenvalue weighted by Gasteiger charge is 2.21. The van der Waals surface area contributed by atoms with Gasteiger partial charge in [0.1, 0.15) is 18.2 Å². The zero-order valence-electron chi connectivity index (χ0n) is 14.2. The van der Waals surface area contributed by atoms with Gasteiger partial charge in [-0.05, 0) is 37.5 Å². The van der Waals surface area contributed by atoms with E-state index in [-0.39, 0.29) is 18.1 Å². The van der Waals surface area contributed by atoms with Gasteiger partial charge in [0.05, 0.1) is 6.10 Å². The molecule has 0 radical (unpaired) electrons. The highest BCUT2D eigenvalue weighted by atomic mass is 16.5. The third-order valence-corrected chi connectivity index (χ3v) is 4.83. The predicted molar refractivity (Wildman–Crippen MR) is 92.7 cm³/mol. The van der Waals surface area contributed by atoms with E-state index in [2.05, 4.69) is 14.9 Å². The lowest BCUT2D eigenvalue weighted by molar-refractivity contribution is 0.0679. The lowest BCUT2D eigenvalue weighted by Gasteiger charge is -2.24. The molecule has 0 saturated carbocycles. The van der Waals surface area contributed by atoms with Crippen LogP contribution >= 0.6 is 0 Å². The molecule has 2 aliphatic rings. The van der Waals surface area contributed by atoms with Gasteiger partial charge in [0.25, 0.3) is 5.91 Å². The number of benzene rings is 1. The molecule has 2 aromatic rings. The summed E-state index contributed by atoms with van der Waals surface area (Å²) in [6.45, 7) is 2.13. The maximum atomic E-state index is 12.6. The highest BCUT2D eigenvalue weighted by molar-refractivity contribution is 5.94. The van der Waals surface area contributed by atoms with Crippen LogP contribution in [0.5, 0.6) is 5.75 Å². The Labute approximate surface area is 147 Å². The van der Waals surface area contributed by atoms with E-state index in [1.807, 2.05) is 30.6 Å². The summed E-state index contributed by atoms with van der Waals surface area (Å²) in [5.74, 6) is 1.75. The third kappa shape index (κ3) is 3.85. The number of fused-ring (bicyclic) bond motifs is 1. The van der Waals surface area contributed by atoms with Crippen LogP contribution in [-0.4, -0.2) is 40.8 Å². The van der Waals surface area contributed by atoms with Crippen LogP contribution in [0, 0.1) is 0 Å². The largest absolute Gasteiger partial charge is 0.491 e. The van der Waals surface area contributed by atoms with E-state index in [9.17, 15) is 4.79 Å². The van der Waals surface area contributed by atoms with E-state index < -0.39 is 0 Å². The van der Waals surface area contributed by atoms with Crippen molar-refractivity contribution in [1.29, 1.82) is 0 Å². The zero-order chi connectivity index (χ0) is 17.1. The molecule has 2 aliphatic heterocycles. The minimum absolute atomic E-state index is 0.0591. The number of nitrogens with zero attached hydrogens (tertiary/aromatic N) is 2. The number of carbonyl (C=O) groups excluding carboxylic acids is 1. The van der Waals surface area contributed by atoms with Crippen molar-refractivity contribution in [2.75, 3.05) is 13.2 Å². The first-order chi connectivity index (χ1) is 12.3. The number of nitrogens with one attached hydrogen (secondary N) is 1. The average molecular weight is 341 g/mol. The lowest BCUT2D eigenvalue weighted by Crippen LogP contribution is -2.40. The maximum Gasteiger partial charge on any atom is 0.251 e. The Bertz CT molecular complexity index is 737. The topological polar surface area (TPSA) is 65.4 Å². The molecule has 1 N–H and O–H groups in total. The molecular weight excluding hydrogens is 318 g/mol. The highest BCUT2D eigenvalue weighted by Crippen LogP contribution is 2.18. The standard InChI is InChI=1S/C19H23N3O3/c23-19(21-15-6-7-18-20-8-9-22(18)12-15)14-3-1-4-16(11-14)25-13-17-5-2-10-24-17/h1,3-4,8-9,11,15,17H,2,5-7,10,12-13H2,(H,21,23)/t15-,17+/m1/s1. The number of hydrogen-bond acceptors (Lipinski definition) is 4. The van der Waals surface area contributed by atoms with Gasteiger partial charge in [-0.1, -0.05) is 6.07 Å². The van der Waals surface area contributed by atoms with E-state index in [0.717, 1.165) is 44.7 Å². The first kappa shape index (κ1) is 16.1. The average Bonchev–Trinajstić information content (AvgIpc) is 3.31. The Kier molecular flexibility index (Phi) is 4.70. The summed E-state index contributed by atoms with van der Waals surface area (Å²) in [7, 11) is 0. The van der Waals surface area contributed by atoms with Crippen LogP contribution in [0.15, 0.2) is 36.7 Å². The summed E-state index contributed by atoms with van der Waals surface area (Å²) in [4.78, 5) is 16.9. The molecule has 0 bridgehead atoms. The first-order valence-electron chi connectivity index (χ1n) is 8.93. The predicted octanol–water partition coefficient (Wildman–Crippen LogP) is 2.19. The molecule has 1 aromatic carbocycles. The molecule has 0 spiro atoms. The Morgan fingerprint density at radius 2 is 2.36 bits per heavy atom. The molecule has 1 aromatic heterocycles. The molecule has 4 rings (SSSR count). The van der Waals surface area contributed by atoms with Gasteiger partial charge < -0.3 is 19.4 Å². The van der Waals surface area contributed by atoms with Gasteiger partial charge in [0, 0.05) is 43.6 Å². The molecular formula is C19H23N3O3. The van der Waals surface area contributed by atoms with Crippen LogP contribution < -0.4 is 10.1 Å². The van der Waals surface area contributed by atoms with E-state index in [0.29, 0.717) is 17.9 Å². The first-order valence-corrected chi connectivity index (χ1v) is 8.93. The van der Waals surface area contributed by atoms with E-state index in [4.69, 9.17) is 9.47 Å². The fourth-order valence-electron chi connectivity index (χ4n) is 3.45. The van der Waals surface area contributed by atoms with Crippen LogP contribution in [0.3, 0.4) is 0 Å². The second-order valence-corrected chi connectivity index (χ2v) is 6.68. The fraction of sp³-hybridized carbons (Fsp3) is 0.474. The van der Waals surface area contributed by atoms with Gasteiger partial charge in [-0.25, -0.2) is 4.98 Å². The normalized spacial score (nSPS) is 22.4. The Hall–Kier alpha value is -2.34. The van der Waals surface area contributed by atoms with Crippen molar-refractivity contribution in [3.8, 4) is 5.75 Å². The summed E-state index contributed by atoms with van der Waals surface area (Å²) in [5, 5.41) is 3.12.